The number of aromatic nitrogens is 1. The van der Waals surface area contributed by atoms with Crippen LogP contribution in [-0.2, 0) is 4.79 Å². The Labute approximate surface area is 130 Å². The zero-order valence-electron chi connectivity index (χ0n) is 12.8. The summed E-state index contributed by atoms with van der Waals surface area (Å²) in [6.45, 7) is 5.38. The second kappa shape index (κ2) is 4.70. The van der Waals surface area contributed by atoms with Gasteiger partial charge in [0.05, 0.1) is 17.0 Å². The lowest BCUT2D eigenvalue weighted by atomic mass is 9.75. The van der Waals surface area contributed by atoms with Crippen LogP contribution in [0.4, 0.5) is 5.82 Å². The molecule has 1 amide bonds. The summed E-state index contributed by atoms with van der Waals surface area (Å²) < 4.78 is 0. The molecule has 1 aromatic heterocycles. The lowest BCUT2D eigenvalue weighted by Crippen LogP contribution is -2.53. The first-order chi connectivity index (χ1) is 10.6. The van der Waals surface area contributed by atoms with E-state index in [0.717, 1.165) is 50.8 Å². The second-order valence-corrected chi connectivity index (χ2v) is 6.94. The summed E-state index contributed by atoms with van der Waals surface area (Å²) in [4.78, 5) is 21.2. The van der Waals surface area contributed by atoms with Gasteiger partial charge in [-0.2, -0.15) is 5.26 Å². The van der Waals surface area contributed by atoms with Crippen LogP contribution in [-0.4, -0.2) is 42.0 Å². The minimum Gasteiger partial charge on any atom is -0.353 e. The van der Waals surface area contributed by atoms with Crippen molar-refractivity contribution in [2.45, 2.75) is 19.8 Å². The van der Waals surface area contributed by atoms with E-state index in [1.165, 1.54) is 0 Å². The highest BCUT2D eigenvalue weighted by molar-refractivity contribution is 5.87. The molecule has 2 aliphatic carbocycles. The summed E-state index contributed by atoms with van der Waals surface area (Å²) in [7, 11) is 0. The van der Waals surface area contributed by atoms with E-state index in [1.807, 2.05) is 11.0 Å². The van der Waals surface area contributed by atoms with Crippen LogP contribution in [0.1, 0.15) is 25.3 Å². The molecule has 2 heterocycles. The van der Waals surface area contributed by atoms with Crippen molar-refractivity contribution < 1.29 is 4.79 Å². The molecule has 5 nitrogen and oxygen atoms in total. The van der Waals surface area contributed by atoms with Crippen molar-refractivity contribution >= 4 is 11.7 Å². The number of nitriles is 1. The number of rotatable bonds is 2. The summed E-state index contributed by atoms with van der Waals surface area (Å²) in [5.74, 6) is 2.62. The molecule has 1 saturated heterocycles. The predicted molar refractivity (Wildman–Crippen MR) is 82.1 cm³/mol. The van der Waals surface area contributed by atoms with Gasteiger partial charge in [0.15, 0.2) is 0 Å². The highest BCUT2D eigenvalue weighted by Crippen LogP contribution is 2.71. The number of pyridine rings is 1. The number of hydrogen-bond donors (Lipinski definition) is 0. The van der Waals surface area contributed by atoms with E-state index in [9.17, 15) is 4.79 Å². The summed E-state index contributed by atoms with van der Waals surface area (Å²) in [6, 6.07) is 5.68. The molecule has 5 heteroatoms. The largest absolute Gasteiger partial charge is 0.353 e. The molecule has 0 N–H and O–H groups in total. The fraction of sp³-hybridized carbons (Fsp3) is 0.588. The van der Waals surface area contributed by atoms with E-state index in [1.54, 1.807) is 12.3 Å². The van der Waals surface area contributed by atoms with Crippen molar-refractivity contribution in [2.75, 3.05) is 31.1 Å². The Morgan fingerprint density at radius 2 is 2.14 bits per heavy atom. The number of carbonyl (C=O) groups is 1. The van der Waals surface area contributed by atoms with Crippen molar-refractivity contribution in [3.8, 4) is 6.07 Å². The highest BCUT2D eigenvalue weighted by Gasteiger charge is 2.70. The maximum absolute atomic E-state index is 12.7. The van der Waals surface area contributed by atoms with E-state index in [-0.39, 0.29) is 5.41 Å². The normalized spacial score (nSPS) is 32.7. The first-order valence-corrected chi connectivity index (χ1v) is 8.04. The van der Waals surface area contributed by atoms with Crippen LogP contribution >= 0.6 is 0 Å². The van der Waals surface area contributed by atoms with Crippen molar-refractivity contribution in [3.63, 3.8) is 0 Å². The van der Waals surface area contributed by atoms with Crippen molar-refractivity contribution in [1.82, 2.24) is 9.88 Å². The van der Waals surface area contributed by atoms with E-state index in [0.29, 0.717) is 17.4 Å². The van der Waals surface area contributed by atoms with Gasteiger partial charge >= 0.3 is 0 Å². The molecular weight excluding hydrogens is 276 g/mol. The predicted octanol–water partition coefficient (Wildman–Crippen LogP) is 1.65. The van der Waals surface area contributed by atoms with Gasteiger partial charge in [-0.15, -0.1) is 0 Å². The number of piperazine rings is 1. The number of amides is 1. The average molecular weight is 296 g/mol. The molecule has 114 valence electrons. The third-order valence-electron chi connectivity index (χ3n) is 5.70. The van der Waals surface area contributed by atoms with Crippen molar-refractivity contribution in [1.29, 1.82) is 5.26 Å². The first-order valence-electron chi connectivity index (χ1n) is 8.04. The van der Waals surface area contributed by atoms with Gasteiger partial charge in [-0.25, -0.2) is 4.98 Å². The van der Waals surface area contributed by atoms with Gasteiger partial charge in [-0.05, 0) is 36.8 Å². The maximum Gasteiger partial charge on any atom is 0.229 e. The van der Waals surface area contributed by atoms with Gasteiger partial charge in [0.2, 0.25) is 5.91 Å². The molecule has 0 spiro atoms. The Morgan fingerprint density at radius 1 is 1.36 bits per heavy atom. The average Bonchev–Trinajstić information content (AvgIpc) is 3.21. The Hall–Kier alpha value is -2.09. The Kier molecular flexibility index (Phi) is 2.90. The minimum absolute atomic E-state index is 0.0283. The van der Waals surface area contributed by atoms with Crippen LogP contribution in [0.15, 0.2) is 18.3 Å². The standard InChI is InChI=1S/C17H20N4O/c1-12-9-17(10-14(12)17)16(22)21-6-4-20(5-7-21)15-8-13(11-18)2-3-19-15/h2-3,8,12,14H,4-7,9-10H2,1H3/t12-,14-,17+/m1/s1. The quantitative estimate of drug-likeness (QED) is 0.832. The van der Waals surface area contributed by atoms with E-state index < -0.39 is 0 Å². The lowest BCUT2D eigenvalue weighted by molar-refractivity contribution is -0.141. The van der Waals surface area contributed by atoms with Gasteiger partial charge in [0.25, 0.3) is 0 Å². The topological polar surface area (TPSA) is 60.2 Å². The SMILES string of the molecule is C[C@@H]1C[C@]2(C(=O)N3CCN(c4cc(C#N)ccn4)CC3)C[C@H]12. The summed E-state index contributed by atoms with van der Waals surface area (Å²) in [5, 5.41) is 8.98. The highest BCUT2D eigenvalue weighted by atomic mass is 16.2. The number of anilines is 1. The number of carbonyl (C=O) groups excluding carboxylic acids is 1. The molecule has 1 aliphatic heterocycles. The van der Waals surface area contributed by atoms with Crippen LogP contribution < -0.4 is 4.90 Å². The zero-order chi connectivity index (χ0) is 15.3. The molecule has 3 fully saturated rings. The van der Waals surface area contributed by atoms with Crippen LogP contribution in [0.2, 0.25) is 0 Å². The first kappa shape index (κ1) is 13.6. The Morgan fingerprint density at radius 3 is 2.73 bits per heavy atom. The van der Waals surface area contributed by atoms with Gasteiger partial charge < -0.3 is 9.80 Å². The van der Waals surface area contributed by atoms with Crippen molar-refractivity contribution in [2.24, 2.45) is 17.3 Å². The number of nitrogens with zero attached hydrogens (tertiary/aromatic N) is 4. The van der Waals surface area contributed by atoms with Gasteiger partial charge in [-0.1, -0.05) is 6.92 Å². The van der Waals surface area contributed by atoms with Gasteiger partial charge in [0, 0.05) is 32.4 Å². The van der Waals surface area contributed by atoms with Gasteiger partial charge in [0.1, 0.15) is 5.82 Å². The molecule has 0 radical (unpaired) electrons. The fourth-order valence-electron chi connectivity index (χ4n) is 4.32. The molecule has 0 unspecified atom stereocenters. The monoisotopic (exact) mass is 296 g/mol. The fourth-order valence-corrected chi connectivity index (χ4v) is 4.32. The Balaban J connectivity index is 1.39. The Bertz CT molecular complexity index is 659. The molecule has 1 aromatic rings. The molecule has 2 saturated carbocycles. The number of fused-ring (bicyclic) bond motifs is 1. The molecule has 0 bridgehead atoms. The smallest absolute Gasteiger partial charge is 0.229 e. The molecular formula is C17H20N4O. The van der Waals surface area contributed by atoms with E-state index >= 15 is 0 Å². The van der Waals surface area contributed by atoms with Crippen LogP contribution in [0, 0.1) is 28.6 Å². The molecule has 0 aromatic carbocycles. The van der Waals surface area contributed by atoms with Crippen LogP contribution in [0.25, 0.3) is 0 Å². The third kappa shape index (κ3) is 1.90. The summed E-state index contributed by atoms with van der Waals surface area (Å²) >= 11 is 0. The molecule has 22 heavy (non-hydrogen) atoms. The molecule has 3 aliphatic rings. The zero-order valence-corrected chi connectivity index (χ0v) is 12.8. The third-order valence-corrected chi connectivity index (χ3v) is 5.70. The van der Waals surface area contributed by atoms with Crippen LogP contribution in [0.5, 0.6) is 0 Å². The lowest BCUT2D eigenvalue weighted by Gasteiger charge is -2.40. The molecule has 4 rings (SSSR count). The maximum atomic E-state index is 12.7. The summed E-state index contributed by atoms with van der Waals surface area (Å²) in [5.41, 5.74) is 0.660. The van der Waals surface area contributed by atoms with E-state index in [2.05, 4.69) is 22.9 Å². The van der Waals surface area contributed by atoms with Crippen LogP contribution in [0.3, 0.4) is 0 Å². The minimum atomic E-state index is 0.0283. The number of hydrogen-bond acceptors (Lipinski definition) is 4. The summed E-state index contributed by atoms with van der Waals surface area (Å²) in [6.07, 6.45) is 3.87. The second-order valence-electron chi connectivity index (χ2n) is 6.94. The molecule has 3 atom stereocenters. The van der Waals surface area contributed by atoms with Crippen molar-refractivity contribution in [3.05, 3.63) is 23.9 Å². The van der Waals surface area contributed by atoms with E-state index in [4.69, 9.17) is 5.26 Å². The van der Waals surface area contributed by atoms with Gasteiger partial charge in [-0.3, -0.25) is 4.79 Å².